The topological polar surface area (TPSA) is 9.23 Å². The van der Waals surface area contributed by atoms with Gasteiger partial charge in [0.2, 0.25) is 0 Å². The first-order chi connectivity index (χ1) is 7.47. The maximum atomic E-state index is 5.24. The van der Waals surface area contributed by atoms with Crippen molar-refractivity contribution in [3.8, 4) is 0 Å². The van der Waals surface area contributed by atoms with E-state index >= 15 is 0 Å². The van der Waals surface area contributed by atoms with Crippen LogP contribution in [0.15, 0.2) is 36.6 Å². The van der Waals surface area contributed by atoms with Crippen LogP contribution in [0.4, 0.5) is 0 Å². The minimum atomic E-state index is 0.456. The summed E-state index contributed by atoms with van der Waals surface area (Å²) in [4.78, 5) is 0. The van der Waals surface area contributed by atoms with Crippen molar-refractivity contribution in [1.82, 2.24) is 0 Å². The molecule has 0 aromatic heterocycles. The van der Waals surface area contributed by atoms with Crippen LogP contribution >= 0.6 is 12.6 Å². The van der Waals surface area contributed by atoms with Crippen LogP contribution in [-0.2, 0) is 4.74 Å². The zero-order chi connectivity index (χ0) is 12.6. The van der Waals surface area contributed by atoms with Crippen LogP contribution in [0.3, 0.4) is 0 Å². The van der Waals surface area contributed by atoms with Crippen LogP contribution < -0.4 is 0 Å². The van der Waals surface area contributed by atoms with E-state index in [4.69, 9.17) is 4.74 Å². The first-order valence-corrected chi connectivity index (χ1v) is 6.35. The molecule has 0 saturated heterocycles. The molecule has 2 atom stereocenters. The quantitative estimate of drug-likeness (QED) is 0.376. The molecule has 2 heteroatoms. The Morgan fingerprint density at radius 2 is 1.88 bits per heavy atom. The number of hydrogen-bond acceptors (Lipinski definition) is 2. The maximum absolute atomic E-state index is 5.24. The van der Waals surface area contributed by atoms with E-state index in [0.29, 0.717) is 23.5 Å². The summed E-state index contributed by atoms with van der Waals surface area (Å²) in [6.45, 7) is 14.8. The van der Waals surface area contributed by atoms with Crippen molar-refractivity contribution in [2.45, 2.75) is 38.9 Å². The molecule has 0 spiro atoms. The van der Waals surface area contributed by atoms with Crippen molar-refractivity contribution in [3.63, 3.8) is 0 Å². The fourth-order valence-corrected chi connectivity index (χ4v) is 1.42. The average Bonchev–Trinajstić information content (AvgIpc) is 2.22. The smallest absolute Gasteiger partial charge is 0.112 e. The number of thiol groups is 1. The van der Waals surface area contributed by atoms with Gasteiger partial charge in [-0.2, -0.15) is 12.6 Å². The number of allylic oxidation sites excluding steroid dienone is 3. The Morgan fingerprint density at radius 1 is 1.25 bits per heavy atom. The van der Waals surface area contributed by atoms with E-state index in [2.05, 4.69) is 39.6 Å². The summed E-state index contributed by atoms with van der Waals surface area (Å²) in [7, 11) is 0. The highest BCUT2D eigenvalue weighted by atomic mass is 32.1. The molecule has 0 N–H and O–H groups in total. The van der Waals surface area contributed by atoms with Crippen LogP contribution in [0.2, 0.25) is 0 Å². The largest absolute Gasteiger partial charge is 0.495 e. The molecule has 1 nitrogen and oxygen atoms in total. The minimum Gasteiger partial charge on any atom is -0.495 e. The van der Waals surface area contributed by atoms with Crippen molar-refractivity contribution >= 4 is 12.6 Å². The van der Waals surface area contributed by atoms with Crippen LogP contribution in [0, 0.1) is 5.92 Å². The van der Waals surface area contributed by atoms with E-state index in [0.717, 1.165) is 18.4 Å². The lowest BCUT2D eigenvalue weighted by atomic mass is 9.96. The van der Waals surface area contributed by atoms with Gasteiger partial charge in [-0.15, -0.1) is 0 Å². The van der Waals surface area contributed by atoms with Crippen molar-refractivity contribution in [2.75, 3.05) is 6.61 Å². The Labute approximate surface area is 106 Å². The molecule has 0 fully saturated rings. The summed E-state index contributed by atoms with van der Waals surface area (Å²) in [5.74, 6) is 1.18. The molecule has 0 amide bonds. The van der Waals surface area contributed by atoms with E-state index in [1.807, 2.05) is 19.1 Å². The SMILES string of the molecule is C=C(/C=C\C(=C)C(C)CCC(C)S)OCC. The second-order valence-electron chi connectivity index (χ2n) is 4.13. The Balaban J connectivity index is 3.99. The molecule has 92 valence electrons. The van der Waals surface area contributed by atoms with E-state index in [-0.39, 0.29) is 0 Å². The first kappa shape index (κ1) is 15.4. The van der Waals surface area contributed by atoms with E-state index < -0.39 is 0 Å². The third-order valence-corrected chi connectivity index (χ3v) is 2.72. The Morgan fingerprint density at radius 3 is 2.38 bits per heavy atom. The molecule has 0 radical (unpaired) electrons. The van der Waals surface area contributed by atoms with E-state index in [1.165, 1.54) is 0 Å². The molecule has 0 saturated carbocycles. The van der Waals surface area contributed by atoms with Crippen molar-refractivity contribution in [3.05, 3.63) is 36.6 Å². The zero-order valence-corrected chi connectivity index (χ0v) is 11.6. The van der Waals surface area contributed by atoms with Gasteiger partial charge >= 0.3 is 0 Å². The molecule has 16 heavy (non-hydrogen) atoms. The predicted octanol–water partition coefficient (Wildman–Crippen LogP) is 4.38. The molecule has 0 aliphatic rings. The van der Waals surface area contributed by atoms with Crippen LogP contribution in [0.1, 0.15) is 33.6 Å². The highest BCUT2D eigenvalue weighted by Gasteiger charge is 2.05. The molecular weight excluding hydrogens is 216 g/mol. The number of hydrogen-bond donors (Lipinski definition) is 1. The summed E-state index contributed by atoms with van der Waals surface area (Å²) in [6, 6.07) is 0. The second-order valence-corrected chi connectivity index (χ2v) is 5.02. The summed E-state index contributed by atoms with van der Waals surface area (Å²) in [5, 5.41) is 0.456. The lowest BCUT2D eigenvalue weighted by Crippen LogP contribution is -2.00. The molecule has 0 bridgehead atoms. The van der Waals surface area contributed by atoms with Gasteiger partial charge in [0.15, 0.2) is 0 Å². The third kappa shape index (κ3) is 7.63. The molecule has 0 aromatic rings. The van der Waals surface area contributed by atoms with Crippen LogP contribution in [-0.4, -0.2) is 11.9 Å². The van der Waals surface area contributed by atoms with Gasteiger partial charge in [0.25, 0.3) is 0 Å². The highest BCUT2D eigenvalue weighted by molar-refractivity contribution is 7.80. The zero-order valence-electron chi connectivity index (χ0n) is 10.7. The standard InChI is InChI=1S/C14H24OS/c1-6-15-13(4)9-7-11(2)12(3)8-10-14(5)16/h7,9,12,14,16H,2,4,6,8,10H2,1,3,5H3/b9-7-. The van der Waals surface area contributed by atoms with Crippen molar-refractivity contribution < 1.29 is 4.74 Å². The number of ether oxygens (including phenoxy) is 1. The van der Waals surface area contributed by atoms with Gasteiger partial charge in [0.1, 0.15) is 5.76 Å². The fourth-order valence-electron chi connectivity index (χ4n) is 1.27. The molecule has 0 aliphatic carbocycles. The molecule has 0 rings (SSSR count). The summed E-state index contributed by atoms with van der Waals surface area (Å²) < 4.78 is 5.24. The predicted molar refractivity (Wildman–Crippen MR) is 75.9 cm³/mol. The number of rotatable bonds is 8. The molecular formula is C14H24OS. The molecule has 0 aliphatic heterocycles. The van der Waals surface area contributed by atoms with Gasteiger partial charge in [0, 0.05) is 0 Å². The lowest BCUT2D eigenvalue weighted by molar-refractivity contribution is 0.244. The van der Waals surface area contributed by atoms with Crippen LogP contribution in [0.5, 0.6) is 0 Å². The summed E-state index contributed by atoms with van der Waals surface area (Å²) in [5.41, 5.74) is 1.12. The average molecular weight is 240 g/mol. The molecule has 0 heterocycles. The Bertz CT molecular complexity index is 253. The van der Waals surface area contributed by atoms with Crippen LogP contribution in [0.25, 0.3) is 0 Å². The Kier molecular flexibility index (Phi) is 8.18. The van der Waals surface area contributed by atoms with Gasteiger partial charge in [0.05, 0.1) is 6.61 Å². The first-order valence-electron chi connectivity index (χ1n) is 5.84. The molecule has 2 unspecified atom stereocenters. The normalized spacial score (nSPS) is 14.8. The monoisotopic (exact) mass is 240 g/mol. The lowest BCUT2D eigenvalue weighted by Gasteiger charge is -2.13. The van der Waals surface area contributed by atoms with E-state index in [9.17, 15) is 0 Å². The van der Waals surface area contributed by atoms with Crippen molar-refractivity contribution in [1.29, 1.82) is 0 Å². The second kappa shape index (κ2) is 8.51. The third-order valence-electron chi connectivity index (χ3n) is 2.46. The molecule has 0 aromatic carbocycles. The van der Waals surface area contributed by atoms with Crippen molar-refractivity contribution in [2.24, 2.45) is 5.92 Å². The van der Waals surface area contributed by atoms with E-state index in [1.54, 1.807) is 0 Å². The van der Waals surface area contributed by atoms with Gasteiger partial charge in [-0.3, -0.25) is 0 Å². The highest BCUT2D eigenvalue weighted by Crippen LogP contribution is 2.19. The summed E-state index contributed by atoms with van der Waals surface area (Å²) in [6.07, 6.45) is 6.11. The fraction of sp³-hybridized carbons (Fsp3) is 0.571. The minimum absolute atomic E-state index is 0.456. The van der Waals surface area contributed by atoms with Gasteiger partial charge in [-0.05, 0) is 37.0 Å². The van der Waals surface area contributed by atoms with Gasteiger partial charge in [-0.1, -0.05) is 38.7 Å². The summed E-state index contributed by atoms with van der Waals surface area (Å²) >= 11 is 4.37. The Hall–Kier alpha value is -0.630. The maximum Gasteiger partial charge on any atom is 0.112 e. The van der Waals surface area contributed by atoms with Gasteiger partial charge in [-0.25, -0.2) is 0 Å². The van der Waals surface area contributed by atoms with Gasteiger partial charge < -0.3 is 4.74 Å².